The van der Waals surface area contributed by atoms with Gasteiger partial charge in [0, 0.05) is 17.4 Å². The Labute approximate surface area is 231 Å². The van der Waals surface area contributed by atoms with E-state index in [0.717, 1.165) is 69.8 Å². The van der Waals surface area contributed by atoms with Crippen LogP contribution in [0.2, 0.25) is 0 Å². The molecule has 10 rings (SSSR count). The number of rotatable bonds is 0. The van der Waals surface area contributed by atoms with Gasteiger partial charge in [-0.1, -0.05) is 54.6 Å². The molecule has 0 unspecified atom stereocenters. The molecular weight excluding hydrogens is 494 g/mol. The van der Waals surface area contributed by atoms with Crippen LogP contribution in [0.4, 0.5) is 0 Å². The summed E-state index contributed by atoms with van der Waals surface area (Å²) in [5, 5.41) is 2.36. The molecule has 0 radical (unpaired) electrons. The number of benzene rings is 5. The Morgan fingerprint density at radius 2 is 1.05 bits per heavy atom. The van der Waals surface area contributed by atoms with E-state index >= 15 is 0 Å². The van der Waals surface area contributed by atoms with Gasteiger partial charge in [-0.3, -0.25) is 0 Å². The van der Waals surface area contributed by atoms with Gasteiger partial charge in [-0.05, 0) is 81.5 Å². The quantitative estimate of drug-likeness (QED) is 0.281. The summed E-state index contributed by atoms with van der Waals surface area (Å²) in [6.45, 7) is 0.0550. The minimum atomic E-state index is 0.00745. The van der Waals surface area contributed by atoms with Crippen LogP contribution < -0.4 is 46.3 Å². The van der Waals surface area contributed by atoms with E-state index in [1.807, 2.05) is 30.3 Å². The monoisotopic (exact) mass is 514 g/mol. The fourth-order valence-corrected chi connectivity index (χ4v) is 7.42. The van der Waals surface area contributed by atoms with Crippen LogP contribution in [-0.4, -0.2) is 13.4 Å². The van der Waals surface area contributed by atoms with Crippen LogP contribution in [0.3, 0.4) is 0 Å². The van der Waals surface area contributed by atoms with Crippen LogP contribution in [0, 0.1) is 0 Å². The maximum absolute atomic E-state index is 6.64. The van der Waals surface area contributed by atoms with Gasteiger partial charge in [-0.15, -0.1) is 0 Å². The molecule has 5 aromatic carbocycles. The molecule has 186 valence electrons. The van der Waals surface area contributed by atoms with Gasteiger partial charge >= 0.3 is 0 Å². The van der Waals surface area contributed by atoms with E-state index in [-0.39, 0.29) is 13.4 Å². The second kappa shape index (κ2) is 7.42. The lowest BCUT2D eigenvalue weighted by atomic mass is 9.32. The molecule has 0 saturated heterocycles. The van der Waals surface area contributed by atoms with E-state index < -0.39 is 0 Å². The third kappa shape index (κ3) is 2.59. The van der Waals surface area contributed by atoms with Gasteiger partial charge in [0.1, 0.15) is 46.0 Å². The maximum atomic E-state index is 6.64. The van der Waals surface area contributed by atoms with Crippen molar-refractivity contribution in [3.63, 3.8) is 0 Å². The lowest BCUT2D eigenvalue weighted by molar-refractivity contribution is 0.373. The zero-order valence-corrected chi connectivity index (χ0v) is 21.4. The lowest BCUT2D eigenvalue weighted by Gasteiger charge is -2.38. The normalized spacial score (nSPS) is 16.6. The maximum Gasteiger partial charge on any atom is 0.261 e. The van der Waals surface area contributed by atoms with Crippen molar-refractivity contribution in [2.24, 2.45) is 0 Å². The average molecular weight is 514 g/mol. The molecular formula is C34H20B2O4. The Morgan fingerprint density at radius 3 is 1.82 bits per heavy atom. The number of allylic oxidation sites excluding steroid dienone is 3. The average Bonchev–Trinajstić information content (AvgIpc) is 3.00. The number of fused-ring (bicyclic) bond motifs is 11. The highest BCUT2D eigenvalue weighted by atomic mass is 16.5. The van der Waals surface area contributed by atoms with E-state index in [1.165, 1.54) is 32.6 Å². The smallest absolute Gasteiger partial charge is 0.261 e. The molecule has 0 spiro atoms. The predicted molar refractivity (Wildman–Crippen MR) is 159 cm³/mol. The number of hydrogen-bond acceptors (Lipinski definition) is 4. The van der Waals surface area contributed by atoms with Crippen molar-refractivity contribution in [3.8, 4) is 34.5 Å². The van der Waals surface area contributed by atoms with Crippen LogP contribution in [0.15, 0.2) is 114 Å². The third-order valence-electron chi connectivity index (χ3n) is 9.00. The van der Waals surface area contributed by atoms with Gasteiger partial charge in [0.15, 0.2) is 0 Å². The first kappa shape index (κ1) is 21.0. The van der Waals surface area contributed by atoms with E-state index in [1.54, 1.807) is 0 Å². The van der Waals surface area contributed by atoms with Crippen molar-refractivity contribution in [1.82, 2.24) is 0 Å². The van der Waals surface area contributed by atoms with Crippen molar-refractivity contribution < 1.29 is 18.9 Å². The van der Waals surface area contributed by atoms with Gasteiger partial charge in [0.05, 0.1) is 0 Å². The standard InChI is InChI=1S/C34H20B2O4/c1-3-9-23-21(7-1)35-31-19-15-18-30-32(20(19)16-17-29(31)39-27-13-5-11-25(37-23)33(27)35)36-22-8-2-4-10-24(22)38-26-12-6-14-28(40-30)34(26)36/h1-5,7-13,15-18H,6,14H2. The van der Waals surface area contributed by atoms with Crippen LogP contribution in [-0.2, 0) is 0 Å². The van der Waals surface area contributed by atoms with Crippen molar-refractivity contribution in [2.45, 2.75) is 12.8 Å². The van der Waals surface area contributed by atoms with Gasteiger partial charge in [-0.25, -0.2) is 0 Å². The molecule has 5 aromatic rings. The SMILES string of the molecule is C1=C2Oc3ccccc3B3C2=C(CC1)Oc1ccc2c4c(ccc2c13)Oc1cccc2c1B4c1ccccc1O2. The van der Waals surface area contributed by atoms with E-state index in [0.29, 0.717) is 0 Å². The van der Waals surface area contributed by atoms with Gasteiger partial charge < -0.3 is 18.9 Å². The Morgan fingerprint density at radius 1 is 0.475 bits per heavy atom. The molecule has 0 atom stereocenters. The molecule has 40 heavy (non-hydrogen) atoms. The molecule has 0 aromatic heterocycles. The molecule has 0 amide bonds. The Hall–Kier alpha value is -4.83. The summed E-state index contributed by atoms with van der Waals surface area (Å²) in [4.78, 5) is 0. The summed E-state index contributed by atoms with van der Waals surface area (Å²) < 4.78 is 26.0. The summed E-state index contributed by atoms with van der Waals surface area (Å²) in [5.74, 6) is 7.32. The molecule has 1 aliphatic carbocycles. The molecule has 5 aliphatic rings. The minimum Gasteiger partial charge on any atom is -0.463 e. The number of hydrogen-bond donors (Lipinski definition) is 0. The molecule has 4 aliphatic heterocycles. The summed E-state index contributed by atoms with van der Waals surface area (Å²) in [7, 11) is 0. The summed E-state index contributed by atoms with van der Waals surface area (Å²) in [5.41, 5.74) is 6.98. The topological polar surface area (TPSA) is 36.9 Å². The second-order valence-corrected chi connectivity index (χ2v) is 11.0. The summed E-state index contributed by atoms with van der Waals surface area (Å²) >= 11 is 0. The first-order valence-corrected chi connectivity index (χ1v) is 13.9. The third-order valence-corrected chi connectivity index (χ3v) is 9.00. The minimum absolute atomic E-state index is 0.00745. The second-order valence-electron chi connectivity index (χ2n) is 11.0. The molecule has 0 fully saturated rings. The lowest BCUT2D eigenvalue weighted by Crippen LogP contribution is -2.58. The van der Waals surface area contributed by atoms with Gasteiger partial charge in [-0.2, -0.15) is 0 Å². The van der Waals surface area contributed by atoms with Crippen LogP contribution in [0.1, 0.15) is 12.8 Å². The van der Waals surface area contributed by atoms with E-state index in [9.17, 15) is 0 Å². The summed E-state index contributed by atoms with van der Waals surface area (Å²) in [6, 6.07) is 31.6. The van der Waals surface area contributed by atoms with Crippen molar-refractivity contribution in [1.29, 1.82) is 0 Å². The van der Waals surface area contributed by atoms with Gasteiger partial charge in [0.2, 0.25) is 0 Å². The van der Waals surface area contributed by atoms with Crippen molar-refractivity contribution in [3.05, 3.63) is 114 Å². The highest BCUT2D eigenvalue weighted by molar-refractivity contribution is 7.00. The number of para-hydroxylation sites is 2. The highest BCUT2D eigenvalue weighted by Crippen LogP contribution is 2.41. The van der Waals surface area contributed by atoms with Crippen LogP contribution >= 0.6 is 0 Å². The van der Waals surface area contributed by atoms with E-state index in [2.05, 4.69) is 66.7 Å². The highest BCUT2D eigenvalue weighted by Gasteiger charge is 2.45. The predicted octanol–water partition coefficient (Wildman–Crippen LogP) is 4.43. The van der Waals surface area contributed by atoms with Gasteiger partial charge in [0.25, 0.3) is 13.4 Å². The zero-order chi connectivity index (χ0) is 25.9. The molecule has 4 heterocycles. The number of ether oxygens (including phenoxy) is 4. The molecule has 6 heteroatoms. The Kier molecular flexibility index (Phi) is 3.91. The van der Waals surface area contributed by atoms with Crippen molar-refractivity contribution in [2.75, 3.05) is 0 Å². The molecule has 4 nitrogen and oxygen atoms in total. The first-order chi connectivity index (χ1) is 19.8. The van der Waals surface area contributed by atoms with Crippen LogP contribution in [0.25, 0.3) is 10.8 Å². The van der Waals surface area contributed by atoms with E-state index in [4.69, 9.17) is 18.9 Å². The Balaban J connectivity index is 1.28. The molecule has 0 saturated carbocycles. The van der Waals surface area contributed by atoms with Crippen molar-refractivity contribution >= 4 is 51.5 Å². The molecule has 0 N–H and O–H groups in total. The first-order valence-electron chi connectivity index (χ1n) is 13.9. The summed E-state index contributed by atoms with van der Waals surface area (Å²) in [6.07, 6.45) is 4.02. The zero-order valence-electron chi connectivity index (χ0n) is 21.4. The molecule has 0 bridgehead atoms. The Bertz CT molecular complexity index is 2030. The van der Waals surface area contributed by atoms with Crippen LogP contribution in [0.5, 0.6) is 34.5 Å². The fourth-order valence-electron chi connectivity index (χ4n) is 7.42. The largest absolute Gasteiger partial charge is 0.463 e. The fraction of sp³-hybridized carbons (Fsp3) is 0.0588.